The van der Waals surface area contributed by atoms with E-state index in [0.29, 0.717) is 6.04 Å². The molecule has 6 heteroatoms. The first kappa shape index (κ1) is 14.7. The van der Waals surface area contributed by atoms with Gasteiger partial charge in [-0.25, -0.2) is 0 Å². The average molecular weight is 307 g/mol. The van der Waals surface area contributed by atoms with Crippen LogP contribution in [0.2, 0.25) is 0 Å². The minimum Gasteiger partial charge on any atom is -0.396 e. The molecule has 0 unspecified atom stereocenters. The summed E-state index contributed by atoms with van der Waals surface area (Å²) in [7, 11) is 0. The largest absolute Gasteiger partial charge is 0.396 e. The van der Waals surface area contributed by atoms with Crippen LogP contribution in [0, 0.1) is 0 Å². The molecule has 0 radical (unpaired) electrons. The maximum Gasteiger partial charge on any atom is 0.124 e. The van der Waals surface area contributed by atoms with Gasteiger partial charge in [0.25, 0.3) is 0 Å². The third kappa shape index (κ3) is 3.91. The molecule has 1 aliphatic rings. The number of nitrogens with zero attached hydrogens (tertiary/aromatic N) is 3. The fraction of sp³-hybridized carbons (Fsp3) is 0.533. The van der Waals surface area contributed by atoms with Gasteiger partial charge in [0.2, 0.25) is 0 Å². The standard InChI is InChI=1S/C15H21N3O2S/c19-7-3-14-11-17(10-13-4-8-20-16-13)5-6-18(14)12-15-2-1-9-21-15/h1-2,4,8-9,14,19H,3,5-7,10-12H2/t14-/m0/s1. The molecular formula is C15H21N3O2S. The fourth-order valence-electron chi connectivity index (χ4n) is 2.88. The van der Waals surface area contributed by atoms with Gasteiger partial charge in [-0.3, -0.25) is 9.80 Å². The molecule has 1 N–H and O–H groups in total. The lowest BCUT2D eigenvalue weighted by Gasteiger charge is -2.41. The Bertz CT molecular complexity index is 515. The fourth-order valence-corrected chi connectivity index (χ4v) is 3.61. The highest BCUT2D eigenvalue weighted by atomic mass is 32.1. The first-order chi connectivity index (χ1) is 10.3. The van der Waals surface area contributed by atoms with Crippen molar-refractivity contribution in [2.24, 2.45) is 0 Å². The number of rotatable bonds is 6. The molecule has 1 aliphatic heterocycles. The van der Waals surface area contributed by atoms with E-state index >= 15 is 0 Å². The van der Waals surface area contributed by atoms with Crippen LogP contribution in [0.5, 0.6) is 0 Å². The van der Waals surface area contributed by atoms with Crippen molar-refractivity contribution < 1.29 is 9.63 Å². The zero-order chi connectivity index (χ0) is 14.5. The van der Waals surface area contributed by atoms with Crippen LogP contribution in [-0.4, -0.2) is 52.3 Å². The minimum absolute atomic E-state index is 0.239. The average Bonchev–Trinajstić information content (AvgIpc) is 3.15. The van der Waals surface area contributed by atoms with Crippen molar-refractivity contribution in [1.82, 2.24) is 15.0 Å². The normalized spacial score (nSPS) is 20.9. The van der Waals surface area contributed by atoms with Gasteiger partial charge < -0.3 is 9.63 Å². The van der Waals surface area contributed by atoms with Crippen LogP contribution in [0.1, 0.15) is 17.0 Å². The lowest BCUT2D eigenvalue weighted by atomic mass is 10.1. The zero-order valence-corrected chi connectivity index (χ0v) is 12.8. The molecule has 5 nitrogen and oxygen atoms in total. The van der Waals surface area contributed by atoms with Crippen LogP contribution in [0.3, 0.4) is 0 Å². The molecule has 0 spiro atoms. The van der Waals surface area contributed by atoms with Crippen molar-refractivity contribution >= 4 is 11.3 Å². The third-order valence-electron chi connectivity index (χ3n) is 3.97. The SMILES string of the molecule is OCC[C@H]1CN(Cc2ccon2)CCN1Cc1cccs1. The maximum absolute atomic E-state index is 9.34. The highest BCUT2D eigenvalue weighted by Crippen LogP contribution is 2.20. The molecule has 3 heterocycles. The number of aromatic nitrogens is 1. The summed E-state index contributed by atoms with van der Waals surface area (Å²) in [4.78, 5) is 6.27. The van der Waals surface area contributed by atoms with Crippen LogP contribution in [0.25, 0.3) is 0 Å². The second-order valence-corrected chi connectivity index (χ2v) is 6.47. The number of thiophene rings is 1. The maximum atomic E-state index is 9.34. The molecule has 1 saturated heterocycles. The van der Waals surface area contributed by atoms with Crippen LogP contribution in [0.15, 0.2) is 34.4 Å². The van der Waals surface area contributed by atoms with Crippen molar-refractivity contribution in [3.05, 3.63) is 40.4 Å². The molecule has 0 saturated carbocycles. The van der Waals surface area contributed by atoms with Gasteiger partial charge in [0.15, 0.2) is 0 Å². The van der Waals surface area contributed by atoms with Crippen LogP contribution < -0.4 is 0 Å². The van der Waals surface area contributed by atoms with Gasteiger partial charge in [0.1, 0.15) is 6.26 Å². The smallest absolute Gasteiger partial charge is 0.124 e. The van der Waals surface area contributed by atoms with Crippen molar-refractivity contribution in [3.63, 3.8) is 0 Å². The summed E-state index contributed by atoms with van der Waals surface area (Å²) in [6.07, 6.45) is 2.44. The van der Waals surface area contributed by atoms with Gasteiger partial charge in [-0.15, -0.1) is 11.3 Å². The van der Waals surface area contributed by atoms with Crippen LogP contribution in [0.4, 0.5) is 0 Å². The Morgan fingerprint density at radius 2 is 2.29 bits per heavy atom. The van der Waals surface area contributed by atoms with Gasteiger partial charge in [-0.05, 0) is 17.9 Å². The van der Waals surface area contributed by atoms with E-state index in [4.69, 9.17) is 4.52 Å². The van der Waals surface area contributed by atoms with E-state index in [2.05, 4.69) is 32.5 Å². The van der Waals surface area contributed by atoms with E-state index in [1.165, 1.54) is 4.88 Å². The molecule has 3 rings (SSSR count). The molecule has 1 fully saturated rings. The van der Waals surface area contributed by atoms with E-state index in [9.17, 15) is 5.11 Å². The minimum atomic E-state index is 0.239. The summed E-state index contributed by atoms with van der Waals surface area (Å²) in [6.45, 7) is 5.08. The molecular weight excluding hydrogens is 286 g/mol. The number of aliphatic hydroxyl groups is 1. The first-order valence-electron chi connectivity index (χ1n) is 7.34. The summed E-state index contributed by atoms with van der Waals surface area (Å²) in [5, 5.41) is 15.4. The van der Waals surface area contributed by atoms with E-state index in [1.54, 1.807) is 17.6 Å². The molecule has 2 aromatic rings. The van der Waals surface area contributed by atoms with Crippen molar-refractivity contribution in [2.45, 2.75) is 25.6 Å². The number of hydrogen-bond acceptors (Lipinski definition) is 6. The zero-order valence-electron chi connectivity index (χ0n) is 12.0. The third-order valence-corrected chi connectivity index (χ3v) is 4.83. The first-order valence-corrected chi connectivity index (χ1v) is 8.22. The second-order valence-electron chi connectivity index (χ2n) is 5.44. The Hall–Kier alpha value is -1.21. The Balaban J connectivity index is 1.59. The predicted molar refractivity (Wildman–Crippen MR) is 82.0 cm³/mol. The summed E-state index contributed by atoms with van der Waals surface area (Å²) < 4.78 is 4.90. The molecule has 21 heavy (non-hydrogen) atoms. The molecule has 0 amide bonds. The van der Waals surface area contributed by atoms with E-state index in [-0.39, 0.29) is 6.61 Å². The molecule has 0 aliphatic carbocycles. The lowest BCUT2D eigenvalue weighted by Crippen LogP contribution is -2.52. The van der Waals surface area contributed by atoms with Crippen molar-refractivity contribution in [3.8, 4) is 0 Å². The number of hydrogen-bond donors (Lipinski definition) is 1. The Labute approximate surface area is 128 Å². The monoisotopic (exact) mass is 307 g/mol. The van der Waals surface area contributed by atoms with E-state index in [0.717, 1.165) is 44.8 Å². The van der Waals surface area contributed by atoms with E-state index < -0.39 is 0 Å². The Kier molecular flexibility index (Phi) is 5.03. The quantitative estimate of drug-likeness (QED) is 0.882. The van der Waals surface area contributed by atoms with Gasteiger partial charge in [0, 0.05) is 56.3 Å². The molecule has 2 aromatic heterocycles. The molecule has 1 atom stereocenters. The van der Waals surface area contributed by atoms with Crippen molar-refractivity contribution in [2.75, 3.05) is 26.2 Å². The molecule has 114 valence electrons. The Morgan fingerprint density at radius 3 is 3.00 bits per heavy atom. The number of aliphatic hydroxyl groups excluding tert-OH is 1. The molecule has 0 aromatic carbocycles. The topological polar surface area (TPSA) is 52.7 Å². The summed E-state index contributed by atoms with van der Waals surface area (Å²) in [5.74, 6) is 0. The van der Waals surface area contributed by atoms with Gasteiger partial charge in [-0.1, -0.05) is 11.2 Å². The highest BCUT2D eigenvalue weighted by Gasteiger charge is 2.27. The van der Waals surface area contributed by atoms with Crippen LogP contribution in [-0.2, 0) is 13.1 Å². The Morgan fingerprint density at radius 1 is 1.33 bits per heavy atom. The summed E-state index contributed by atoms with van der Waals surface area (Å²) in [6, 6.07) is 6.60. The summed E-state index contributed by atoms with van der Waals surface area (Å²) in [5.41, 5.74) is 0.976. The molecule has 0 bridgehead atoms. The van der Waals surface area contributed by atoms with Crippen LogP contribution >= 0.6 is 11.3 Å². The number of piperazine rings is 1. The summed E-state index contributed by atoms with van der Waals surface area (Å²) >= 11 is 1.80. The van der Waals surface area contributed by atoms with Gasteiger partial charge >= 0.3 is 0 Å². The van der Waals surface area contributed by atoms with E-state index in [1.807, 2.05) is 6.07 Å². The lowest BCUT2D eigenvalue weighted by molar-refractivity contribution is 0.0496. The van der Waals surface area contributed by atoms with Crippen molar-refractivity contribution in [1.29, 1.82) is 0 Å². The highest BCUT2D eigenvalue weighted by molar-refractivity contribution is 7.09. The predicted octanol–water partition coefficient (Wildman–Crippen LogP) is 1.80. The van der Waals surface area contributed by atoms with Gasteiger partial charge in [-0.2, -0.15) is 0 Å². The van der Waals surface area contributed by atoms with Gasteiger partial charge in [0.05, 0.1) is 5.69 Å². The second kappa shape index (κ2) is 7.17.